The van der Waals surface area contributed by atoms with Crippen molar-refractivity contribution in [2.24, 2.45) is 36.4 Å². The van der Waals surface area contributed by atoms with Crippen molar-refractivity contribution in [3.8, 4) is 23.1 Å². The van der Waals surface area contributed by atoms with Crippen LogP contribution in [0.5, 0.6) is 23.1 Å². The van der Waals surface area contributed by atoms with Gasteiger partial charge in [0, 0.05) is 22.4 Å². The molecular formula is C40H32N10O16S4. The van der Waals surface area contributed by atoms with Gasteiger partial charge < -0.3 is 35.6 Å². The summed E-state index contributed by atoms with van der Waals surface area (Å²) in [5.41, 5.74) is 5.72. The van der Waals surface area contributed by atoms with E-state index in [-0.39, 0.29) is 85.0 Å². The number of benzene rings is 5. The van der Waals surface area contributed by atoms with Crippen molar-refractivity contribution in [3.63, 3.8) is 0 Å². The van der Waals surface area contributed by atoms with E-state index in [0.717, 1.165) is 24.2 Å². The zero-order valence-electron chi connectivity index (χ0n) is 35.3. The van der Waals surface area contributed by atoms with Crippen molar-refractivity contribution in [2.45, 2.75) is 21.6 Å². The summed E-state index contributed by atoms with van der Waals surface area (Å²) in [4.78, 5) is 21.2. The Hall–Kier alpha value is -7.04. The number of pyridine rings is 1. The molecule has 9 N–H and O–H groups in total. The molecule has 0 radical (unpaired) electrons. The summed E-state index contributed by atoms with van der Waals surface area (Å²) in [5.74, 6) is -2.19. The van der Waals surface area contributed by atoms with E-state index >= 15 is 0 Å². The lowest BCUT2D eigenvalue weighted by Gasteiger charge is -2.13. The number of hydrogen-bond donors (Lipinski definition) is 8. The molecule has 362 valence electrons. The number of para-hydroxylation sites is 2. The average molecular weight is 1040 g/mol. The number of nitrogens with two attached hydrogens (primary N) is 1. The minimum Gasteiger partial charge on any atom is -0.505 e. The Bertz CT molecular complexity index is 3540. The standard InChI is InChI=1S/C40H32N10O16S4/c1-18-33(37(41)54)38-42-22-4-2-3-5-27(22)50(38)39(55)34(18)47-46-26-15-21-19(13-32(26)70(58,59)60)12-31(69-66-64-57)35(36(21)53)48-44-24-16-29(62-11-9-52)25(17-28(24)61-10-8-51)45-49-40-43-23-7-6-20(68-65-63-56)14-30(23)67-40/h2-7,12-17,51-53,55-57H,8-11H2,1H3,(H2,41,54)(H,58,59,60). The molecule has 0 aliphatic heterocycles. The number of nitrogens with zero attached hydrogens (tertiary/aromatic N) is 9. The van der Waals surface area contributed by atoms with Crippen LogP contribution in [0.25, 0.3) is 37.7 Å². The lowest BCUT2D eigenvalue weighted by Crippen LogP contribution is -2.15. The maximum Gasteiger partial charge on any atom is 0.296 e. The highest BCUT2D eigenvalue weighted by Gasteiger charge is 2.26. The summed E-state index contributed by atoms with van der Waals surface area (Å²) >= 11 is 2.23. The number of aromatic nitrogens is 3. The second kappa shape index (κ2) is 21.3. The summed E-state index contributed by atoms with van der Waals surface area (Å²) in [7, 11) is -5.11. The number of azo groups is 3. The first kappa shape index (κ1) is 49.4. The van der Waals surface area contributed by atoms with Gasteiger partial charge in [0.05, 0.1) is 69.0 Å². The largest absolute Gasteiger partial charge is 0.505 e. The molecule has 1 amide bonds. The average Bonchev–Trinajstić information content (AvgIpc) is 3.93. The Balaban J connectivity index is 1.22. The summed E-state index contributed by atoms with van der Waals surface area (Å²) in [6.07, 6.45) is 0. The van der Waals surface area contributed by atoms with Crippen LogP contribution in [0.1, 0.15) is 15.9 Å². The van der Waals surface area contributed by atoms with Crippen LogP contribution in [-0.4, -0.2) is 90.6 Å². The molecule has 30 heteroatoms. The number of thiazole rings is 1. The first-order valence-electron chi connectivity index (χ1n) is 19.6. The van der Waals surface area contributed by atoms with E-state index < -0.39 is 51.5 Å². The monoisotopic (exact) mass is 1040 g/mol. The van der Waals surface area contributed by atoms with Gasteiger partial charge in [0.25, 0.3) is 16.0 Å². The third kappa shape index (κ3) is 10.3. The second-order valence-electron chi connectivity index (χ2n) is 14.0. The van der Waals surface area contributed by atoms with Crippen molar-refractivity contribution in [3.05, 3.63) is 83.9 Å². The van der Waals surface area contributed by atoms with Gasteiger partial charge in [0.1, 0.15) is 58.0 Å². The van der Waals surface area contributed by atoms with Crippen LogP contribution in [0.3, 0.4) is 0 Å². The fraction of sp³-hybridized carbons (Fsp3) is 0.125. The van der Waals surface area contributed by atoms with Gasteiger partial charge in [-0.25, -0.2) is 20.5 Å². The third-order valence-electron chi connectivity index (χ3n) is 9.75. The van der Waals surface area contributed by atoms with Gasteiger partial charge in [-0.2, -0.15) is 8.42 Å². The fourth-order valence-corrected chi connectivity index (χ4v) is 9.26. The van der Waals surface area contributed by atoms with Gasteiger partial charge in [-0.1, -0.05) is 33.5 Å². The van der Waals surface area contributed by atoms with Gasteiger partial charge >= 0.3 is 0 Å². The normalized spacial score (nSPS) is 12.3. The smallest absolute Gasteiger partial charge is 0.296 e. The molecule has 0 spiro atoms. The molecule has 0 atom stereocenters. The number of carbonyl (C=O) groups excluding carboxylic acids is 1. The van der Waals surface area contributed by atoms with E-state index in [0.29, 0.717) is 38.2 Å². The topological polar surface area (TPSA) is 379 Å². The highest BCUT2D eigenvalue weighted by atomic mass is 32.2. The van der Waals surface area contributed by atoms with Crippen molar-refractivity contribution in [2.75, 3.05) is 26.4 Å². The van der Waals surface area contributed by atoms with Gasteiger partial charge in [0.15, 0.2) is 11.4 Å². The molecule has 0 saturated carbocycles. The maximum atomic E-state index is 12.8. The van der Waals surface area contributed by atoms with E-state index in [1.54, 1.807) is 42.5 Å². The number of hydrogen-bond acceptors (Lipinski definition) is 26. The minimum atomic E-state index is -5.11. The number of rotatable bonds is 20. The van der Waals surface area contributed by atoms with E-state index in [1.807, 2.05) is 0 Å². The molecule has 0 aliphatic rings. The van der Waals surface area contributed by atoms with Crippen LogP contribution in [-0.2, 0) is 28.9 Å². The zero-order chi connectivity index (χ0) is 49.7. The highest BCUT2D eigenvalue weighted by molar-refractivity contribution is 7.95. The van der Waals surface area contributed by atoms with Crippen LogP contribution < -0.4 is 15.2 Å². The number of carbonyl (C=O) groups is 1. The first-order chi connectivity index (χ1) is 33.7. The number of aliphatic hydroxyl groups is 2. The first-order valence-corrected chi connectivity index (χ1v) is 23.3. The van der Waals surface area contributed by atoms with E-state index in [4.69, 9.17) is 25.7 Å². The van der Waals surface area contributed by atoms with Crippen molar-refractivity contribution < 1.29 is 76.9 Å². The molecule has 5 aromatic carbocycles. The summed E-state index contributed by atoms with van der Waals surface area (Å²) < 4.78 is 58.5. The zero-order valence-corrected chi connectivity index (χ0v) is 38.6. The number of imidazole rings is 1. The second-order valence-corrected chi connectivity index (χ2v) is 17.9. The molecule has 8 rings (SSSR count). The van der Waals surface area contributed by atoms with E-state index in [1.165, 1.54) is 40.9 Å². The molecule has 70 heavy (non-hydrogen) atoms. The number of phenols is 1. The van der Waals surface area contributed by atoms with Crippen LogP contribution in [0, 0.1) is 6.92 Å². The molecule has 0 saturated heterocycles. The van der Waals surface area contributed by atoms with E-state index in [2.05, 4.69) is 59.4 Å². The summed E-state index contributed by atoms with van der Waals surface area (Å²) in [5, 5.41) is 92.7. The predicted octanol–water partition coefficient (Wildman–Crippen LogP) is 9.16. The van der Waals surface area contributed by atoms with Crippen molar-refractivity contribution >= 4 is 123 Å². The summed E-state index contributed by atoms with van der Waals surface area (Å²) in [6.45, 7) is 0.101. The highest BCUT2D eigenvalue weighted by Crippen LogP contribution is 2.48. The molecular weight excluding hydrogens is 1000 g/mol. The third-order valence-corrected chi connectivity index (χ3v) is 12.7. The Morgan fingerprint density at radius 1 is 0.786 bits per heavy atom. The van der Waals surface area contributed by atoms with Gasteiger partial charge in [-0.05, 0) is 66.4 Å². The number of phenolic OH excluding ortho intramolecular Hbond substituents is 1. The summed E-state index contributed by atoms with van der Waals surface area (Å²) in [6, 6.07) is 17.6. The molecule has 0 unspecified atom stereocenters. The Kier molecular flexibility index (Phi) is 15.0. The lowest BCUT2D eigenvalue weighted by atomic mass is 10.1. The van der Waals surface area contributed by atoms with Crippen LogP contribution in [0.4, 0.5) is 33.6 Å². The molecule has 0 fully saturated rings. The van der Waals surface area contributed by atoms with Crippen LogP contribution in [0.15, 0.2) is 118 Å². The number of amides is 1. The molecule has 0 aliphatic carbocycles. The molecule has 3 aromatic heterocycles. The molecule has 26 nitrogen and oxygen atoms in total. The van der Waals surface area contributed by atoms with E-state index in [9.17, 15) is 38.2 Å². The van der Waals surface area contributed by atoms with Gasteiger partial charge in [-0.15, -0.1) is 39.4 Å². The minimum absolute atomic E-state index is 0.00994. The Morgan fingerprint density at radius 3 is 2.11 bits per heavy atom. The van der Waals surface area contributed by atoms with Crippen LogP contribution >= 0.6 is 35.4 Å². The van der Waals surface area contributed by atoms with Gasteiger partial charge in [0.2, 0.25) is 11.0 Å². The predicted molar refractivity (Wildman–Crippen MR) is 248 cm³/mol. The number of primary amides is 1. The van der Waals surface area contributed by atoms with Crippen molar-refractivity contribution in [1.82, 2.24) is 14.4 Å². The molecule has 8 aromatic rings. The lowest BCUT2D eigenvalue weighted by molar-refractivity contribution is -0.432. The Morgan fingerprint density at radius 2 is 1.44 bits per heavy atom. The van der Waals surface area contributed by atoms with Gasteiger partial charge in [-0.3, -0.25) is 13.7 Å². The number of ether oxygens (including phenoxy) is 2. The molecule has 0 bridgehead atoms. The number of aromatic hydroxyl groups is 2. The number of fused-ring (bicyclic) bond motifs is 5. The quantitative estimate of drug-likeness (QED) is 0.0116. The number of aliphatic hydroxyl groups excluding tert-OH is 2. The van der Waals surface area contributed by atoms with Crippen molar-refractivity contribution in [1.29, 1.82) is 0 Å². The SMILES string of the molecule is Cc1c(N=Nc2cc3c(O)c(N=Nc4cc(OCCO)c(N=Nc5nc6ccc(SOOO)cc6s5)cc4OCCO)c(SOOO)cc3cc2S(=O)(=O)O)c(O)n2c(nc3ccccc32)c1C(N)=O. The maximum absolute atomic E-state index is 12.8. The Labute approximate surface area is 403 Å². The molecule has 3 heterocycles. The fourth-order valence-electron chi connectivity index (χ4n) is 6.83. The van der Waals surface area contributed by atoms with Crippen LogP contribution in [0.2, 0.25) is 0 Å².